The average Bonchev–Trinajstić information content (AvgIpc) is 3.19. The number of pyridine rings is 1. The molecule has 2 fully saturated rings. The van der Waals surface area contributed by atoms with Gasteiger partial charge in [0.1, 0.15) is 5.82 Å². The highest BCUT2D eigenvalue weighted by Gasteiger charge is 2.24. The van der Waals surface area contributed by atoms with Gasteiger partial charge in [0, 0.05) is 31.4 Å². The van der Waals surface area contributed by atoms with Crippen LogP contribution in [-0.2, 0) is 0 Å². The van der Waals surface area contributed by atoms with Crippen LogP contribution < -0.4 is 10.6 Å². The SMILES string of the molecule is CC(C)N1CC[C@@H](CNC(=O)c2ccc(NC3CC3)nc2)C1. The van der Waals surface area contributed by atoms with Crippen molar-refractivity contribution >= 4 is 11.7 Å². The fraction of sp³-hybridized carbons (Fsp3) is 0.647. The minimum absolute atomic E-state index is 0.0199. The van der Waals surface area contributed by atoms with E-state index in [1.54, 1.807) is 6.20 Å². The summed E-state index contributed by atoms with van der Waals surface area (Å²) in [5, 5.41) is 6.37. The van der Waals surface area contributed by atoms with E-state index in [1.807, 2.05) is 12.1 Å². The largest absolute Gasteiger partial charge is 0.367 e. The standard InChI is InChI=1S/C17H26N4O/c1-12(2)21-8-7-13(11-21)9-19-17(22)14-3-6-16(18-10-14)20-15-4-5-15/h3,6,10,12-13,15H,4-5,7-9,11H2,1-2H3,(H,18,20)(H,19,22)/t13-/m0/s1. The number of likely N-dealkylation sites (tertiary alicyclic amines) is 1. The summed E-state index contributed by atoms with van der Waals surface area (Å²) in [4.78, 5) is 19.0. The first kappa shape index (κ1) is 15.3. The normalized spacial score (nSPS) is 22.0. The van der Waals surface area contributed by atoms with Gasteiger partial charge in [0.2, 0.25) is 0 Å². The second kappa shape index (κ2) is 6.65. The third-order valence-electron chi connectivity index (χ3n) is 4.55. The molecule has 0 unspecified atom stereocenters. The Morgan fingerprint density at radius 3 is 2.77 bits per heavy atom. The number of nitrogens with one attached hydrogen (secondary N) is 2. The van der Waals surface area contributed by atoms with Crippen molar-refractivity contribution in [2.75, 3.05) is 25.0 Å². The molecule has 2 N–H and O–H groups in total. The average molecular weight is 302 g/mol. The molecule has 1 saturated carbocycles. The Hall–Kier alpha value is -1.62. The number of carbonyl (C=O) groups excluding carboxylic acids is 1. The highest BCUT2D eigenvalue weighted by molar-refractivity contribution is 5.94. The zero-order valence-corrected chi connectivity index (χ0v) is 13.5. The molecule has 0 radical (unpaired) electrons. The molecule has 1 aromatic heterocycles. The zero-order valence-electron chi connectivity index (χ0n) is 13.5. The van der Waals surface area contributed by atoms with E-state index >= 15 is 0 Å². The Balaban J connectivity index is 1.45. The molecule has 1 aliphatic heterocycles. The van der Waals surface area contributed by atoms with E-state index in [9.17, 15) is 4.79 Å². The van der Waals surface area contributed by atoms with E-state index in [-0.39, 0.29) is 5.91 Å². The number of amides is 1. The Kier molecular flexibility index (Phi) is 4.62. The van der Waals surface area contributed by atoms with Crippen molar-refractivity contribution < 1.29 is 4.79 Å². The van der Waals surface area contributed by atoms with Crippen LogP contribution in [0.4, 0.5) is 5.82 Å². The van der Waals surface area contributed by atoms with Crippen LogP contribution in [0.2, 0.25) is 0 Å². The Morgan fingerprint density at radius 2 is 2.18 bits per heavy atom. The molecular weight excluding hydrogens is 276 g/mol. The van der Waals surface area contributed by atoms with Gasteiger partial charge in [-0.15, -0.1) is 0 Å². The first-order chi connectivity index (χ1) is 10.6. The first-order valence-electron chi connectivity index (χ1n) is 8.36. The van der Waals surface area contributed by atoms with Gasteiger partial charge in [-0.1, -0.05) is 0 Å². The first-order valence-corrected chi connectivity index (χ1v) is 8.36. The monoisotopic (exact) mass is 302 g/mol. The molecule has 1 amide bonds. The van der Waals surface area contributed by atoms with Gasteiger partial charge in [0.25, 0.3) is 5.91 Å². The summed E-state index contributed by atoms with van der Waals surface area (Å²) in [6.07, 6.45) is 5.27. The van der Waals surface area contributed by atoms with Crippen molar-refractivity contribution in [3.63, 3.8) is 0 Å². The molecule has 2 aliphatic rings. The molecule has 2 heterocycles. The number of rotatable bonds is 6. The van der Waals surface area contributed by atoms with E-state index < -0.39 is 0 Å². The summed E-state index contributed by atoms with van der Waals surface area (Å²) in [7, 11) is 0. The summed E-state index contributed by atoms with van der Waals surface area (Å²) < 4.78 is 0. The molecule has 22 heavy (non-hydrogen) atoms. The minimum Gasteiger partial charge on any atom is -0.367 e. The predicted molar refractivity (Wildman–Crippen MR) is 88.0 cm³/mol. The Labute approximate surface area is 132 Å². The molecule has 3 rings (SSSR count). The van der Waals surface area contributed by atoms with Crippen LogP contribution in [0, 0.1) is 5.92 Å². The second-order valence-electron chi connectivity index (χ2n) is 6.80. The molecule has 1 aliphatic carbocycles. The van der Waals surface area contributed by atoms with Crippen molar-refractivity contribution in [3.8, 4) is 0 Å². The van der Waals surface area contributed by atoms with Crippen LogP contribution in [0.3, 0.4) is 0 Å². The van der Waals surface area contributed by atoms with Gasteiger partial charge in [0.05, 0.1) is 5.56 Å². The Bertz CT molecular complexity index is 510. The van der Waals surface area contributed by atoms with Gasteiger partial charge in [-0.05, 0) is 57.7 Å². The van der Waals surface area contributed by atoms with Crippen LogP contribution in [0.15, 0.2) is 18.3 Å². The van der Waals surface area contributed by atoms with Gasteiger partial charge < -0.3 is 15.5 Å². The second-order valence-corrected chi connectivity index (χ2v) is 6.80. The molecule has 1 saturated heterocycles. The van der Waals surface area contributed by atoms with Gasteiger partial charge in [0.15, 0.2) is 0 Å². The van der Waals surface area contributed by atoms with E-state index in [0.29, 0.717) is 23.6 Å². The number of nitrogens with zero attached hydrogens (tertiary/aromatic N) is 2. The molecule has 5 heteroatoms. The van der Waals surface area contributed by atoms with Gasteiger partial charge >= 0.3 is 0 Å². The van der Waals surface area contributed by atoms with Crippen LogP contribution in [-0.4, -0.2) is 47.5 Å². The maximum atomic E-state index is 12.2. The summed E-state index contributed by atoms with van der Waals surface area (Å²) >= 11 is 0. The Morgan fingerprint density at radius 1 is 1.36 bits per heavy atom. The lowest BCUT2D eigenvalue weighted by molar-refractivity contribution is 0.0947. The van der Waals surface area contributed by atoms with Crippen molar-refractivity contribution in [1.29, 1.82) is 0 Å². The van der Waals surface area contributed by atoms with Crippen molar-refractivity contribution in [3.05, 3.63) is 23.9 Å². The van der Waals surface area contributed by atoms with Crippen molar-refractivity contribution in [1.82, 2.24) is 15.2 Å². The van der Waals surface area contributed by atoms with Gasteiger partial charge in [-0.3, -0.25) is 4.79 Å². The third kappa shape index (κ3) is 3.97. The number of hydrogen-bond acceptors (Lipinski definition) is 4. The molecule has 1 aromatic rings. The lowest BCUT2D eigenvalue weighted by Gasteiger charge is -2.20. The van der Waals surface area contributed by atoms with Crippen LogP contribution in [0.1, 0.15) is 43.5 Å². The lowest BCUT2D eigenvalue weighted by atomic mass is 10.1. The highest BCUT2D eigenvalue weighted by Crippen LogP contribution is 2.23. The fourth-order valence-corrected chi connectivity index (χ4v) is 2.89. The topological polar surface area (TPSA) is 57.3 Å². The van der Waals surface area contributed by atoms with Crippen LogP contribution in [0.25, 0.3) is 0 Å². The van der Waals surface area contributed by atoms with E-state index in [2.05, 4.69) is 34.4 Å². The molecule has 1 atom stereocenters. The summed E-state index contributed by atoms with van der Waals surface area (Å²) in [6, 6.07) is 4.92. The minimum atomic E-state index is -0.0199. The molecular formula is C17H26N4O. The molecule has 5 nitrogen and oxygen atoms in total. The lowest BCUT2D eigenvalue weighted by Crippen LogP contribution is -2.33. The maximum absolute atomic E-state index is 12.2. The maximum Gasteiger partial charge on any atom is 0.252 e. The summed E-state index contributed by atoms with van der Waals surface area (Å²) in [6.45, 7) is 7.43. The molecule has 0 aromatic carbocycles. The molecule has 0 bridgehead atoms. The summed E-state index contributed by atoms with van der Waals surface area (Å²) in [5.41, 5.74) is 0.639. The number of aromatic nitrogens is 1. The molecule has 120 valence electrons. The van der Waals surface area contributed by atoms with E-state index in [0.717, 1.165) is 25.5 Å². The van der Waals surface area contributed by atoms with Crippen LogP contribution in [0.5, 0.6) is 0 Å². The highest BCUT2D eigenvalue weighted by atomic mass is 16.1. The predicted octanol–water partition coefficient (Wildman–Crippen LogP) is 2.12. The third-order valence-corrected chi connectivity index (χ3v) is 4.55. The van der Waals surface area contributed by atoms with E-state index in [4.69, 9.17) is 0 Å². The zero-order chi connectivity index (χ0) is 15.5. The number of anilines is 1. The summed E-state index contributed by atoms with van der Waals surface area (Å²) in [5.74, 6) is 1.41. The van der Waals surface area contributed by atoms with Gasteiger partial charge in [-0.25, -0.2) is 4.98 Å². The fourth-order valence-electron chi connectivity index (χ4n) is 2.89. The molecule has 0 spiro atoms. The van der Waals surface area contributed by atoms with Crippen LogP contribution >= 0.6 is 0 Å². The van der Waals surface area contributed by atoms with Crippen molar-refractivity contribution in [2.24, 2.45) is 5.92 Å². The smallest absolute Gasteiger partial charge is 0.252 e. The van der Waals surface area contributed by atoms with Gasteiger partial charge in [-0.2, -0.15) is 0 Å². The van der Waals surface area contributed by atoms with E-state index in [1.165, 1.54) is 19.3 Å². The quantitative estimate of drug-likeness (QED) is 0.845. The number of hydrogen-bond donors (Lipinski definition) is 2. The number of carbonyl (C=O) groups is 1. The van der Waals surface area contributed by atoms with Crippen molar-refractivity contribution in [2.45, 2.75) is 45.2 Å².